The zero-order chi connectivity index (χ0) is 10.8. The van der Waals surface area contributed by atoms with E-state index in [0.717, 1.165) is 12.0 Å². The molecule has 2 N–H and O–H groups in total. The van der Waals surface area contributed by atoms with Crippen LogP contribution in [0.25, 0.3) is 0 Å². The average molecular weight is 246 g/mol. The molecule has 0 bridgehead atoms. The number of ether oxygens (including phenoxy) is 3. The summed E-state index contributed by atoms with van der Waals surface area (Å²) in [5.41, 5.74) is 6.97. The number of hydrogen-bond donors (Lipinski definition) is 1. The second-order valence-corrected chi connectivity index (χ2v) is 3.47. The van der Waals surface area contributed by atoms with Crippen LogP contribution in [0.5, 0.6) is 17.2 Å². The first-order valence-electron chi connectivity index (χ1n) is 4.99. The molecule has 0 saturated heterocycles. The van der Waals surface area contributed by atoms with E-state index in [0.29, 0.717) is 17.2 Å². The van der Waals surface area contributed by atoms with Gasteiger partial charge in [-0.05, 0) is 24.1 Å². The molecule has 0 aromatic heterocycles. The van der Waals surface area contributed by atoms with Crippen molar-refractivity contribution in [1.82, 2.24) is 0 Å². The summed E-state index contributed by atoms with van der Waals surface area (Å²) in [7, 11) is 1.61. The van der Waals surface area contributed by atoms with Gasteiger partial charge in [-0.1, -0.05) is 6.92 Å². The largest absolute Gasteiger partial charge is 0.493 e. The quantitative estimate of drug-likeness (QED) is 0.888. The third kappa shape index (κ3) is 2.18. The third-order valence-electron chi connectivity index (χ3n) is 2.55. The van der Waals surface area contributed by atoms with E-state index in [1.54, 1.807) is 7.11 Å². The van der Waals surface area contributed by atoms with Gasteiger partial charge in [-0.2, -0.15) is 0 Å². The maximum absolute atomic E-state index is 5.96. The molecule has 1 atom stereocenters. The molecule has 90 valence electrons. The van der Waals surface area contributed by atoms with Crippen LogP contribution in [0.1, 0.15) is 24.9 Å². The molecule has 1 aliphatic heterocycles. The molecule has 1 aromatic carbocycles. The summed E-state index contributed by atoms with van der Waals surface area (Å²) in [6.45, 7) is 2.29. The second kappa shape index (κ2) is 5.27. The molecule has 0 radical (unpaired) electrons. The Hall–Kier alpha value is -1.13. The lowest BCUT2D eigenvalue weighted by Gasteiger charge is -2.12. The molecule has 1 aromatic rings. The van der Waals surface area contributed by atoms with Crippen LogP contribution in [0, 0.1) is 0 Å². The fraction of sp³-hybridized carbons (Fsp3) is 0.455. The van der Waals surface area contributed by atoms with Gasteiger partial charge >= 0.3 is 0 Å². The number of methoxy groups -OCH3 is 1. The molecular formula is C11H16ClNO3. The highest BCUT2D eigenvalue weighted by atomic mass is 35.5. The summed E-state index contributed by atoms with van der Waals surface area (Å²) in [5.74, 6) is 2.07. The standard InChI is InChI=1S/C11H15NO3.ClH/c1-3-8(12)7-4-9(13-2)11-10(5-7)14-6-15-11;/h4-5,8H,3,6,12H2,1-2H3;1H/t8-;/m1./s1. The van der Waals surface area contributed by atoms with Crippen LogP contribution < -0.4 is 19.9 Å². The van der Waals surface area contributed by atoms with Crippen molar-refractivity contribution in [3.8, 4) is 17.2 Å². The lowest BCUT2D eigenvalue weighted by Crippen LogP contribution is -2.08. The molecule has 0 aliphatic carbocycles. The SMILES string of the molecule is CC[C@@H](N)c1cc(OC)c2c(c1)OCO2.Cl. The van der Waals surface area contributed by atoms with E-state index in [-0.39, 0.29) is 25.2 Å². The van der Waals surface area contributed by atoms with Crippen LogP contribution in [0.15, 0.2) is 12.1 Å². The summed E-state index contributed by atoms with van der Waals surface area (Å²) >= 11 is 0. The monoisotopic (exact) mass is 245 g/mol. The fourth-order valence-electron chi connectivity index (χ4n) is 1.60. The number of halogens is 1. The summed E-state index contributed by atoms with van der Waals surface area (Å²) in [5, 5.41) is 0. The Kier molecular flexibility index (Phi) is 4.26. The molecule has 4 nitrogen and oxygen atoms in total. The van der Waals surface area contributed by atoms with Gasteiger partial charge in [0.25, 0.3) is 0 Å². The van der Waals surface area contributed by atoms with E-state index in [9.17, 15) is 0 Å². The molecule has 0 amide bonds. The number of rotatable bonds is 3. The van der Waals surface area contributed by atoms with E-state index in [1.165, 1.54) is 0 Å². The summed E-state index contributed by atoms with van der Waals surface area (Å²) in [4.78, 5) is 0. The van der Waals surface area contributed by atoms with E-state index in [2.05, 4.69) is 0 Å². The van der Waals surface area contributed by atoms with Gasteiger partial charge in [0.05, 0.1) is 7.11 Å². The summed E-state index contributed by atoms with van der Waals surface area (Å²) in [6, 6.07) is 3.83. The zero-order valence-electron chi connectivity index (χ0n) is 9.36. The van der Waals surface area contributed by atoms with Crippen molar-refractivity contribution in [3.63, 3.8) is 0 Å². The van der Waals surface area contributed by atoms with Gasteiger partial charge in [-0.3, -0.25) is 0 Å². The van der Waals surface area contributed by atoms with Gasteiger partial charge in [0.2, 0.25) is 12.5 Å². The minimum Gasteiger partial charge on any atom is -0.493 e. The van der Waals surface area contributed by atoms with Crippen molar-refractivity contribution in [2.24, 2.45) is 5.73 Å². The van der Waals surface area contributed by atoms with Crippen molar-refractivity contribution in [2.45, 2.75) is 19.4 Å². The lowest BCUT2D eigenvalue weighted by atomic mass is 10.0. The smallest absolute Gasteiger partial charge is 0.231 e. The van der Waals surface area contributed by atoms with Crippen LogP contribution in [-0.2, 0) is 0 Å². The Morgan fingerprint density at radius 2 is 2.19 bits per heavy atom. The lowest BCUT2D eigenvalue weighted by molar-refractivity contribution is 0.171. The molecule has 2 rings (SSSR count). The van der Waals surface area contributed by atoms with Gasteiger partial charge in [-0.15, -0.1) is 12.4 Å². The average Bonchev–Trinajstić information content (AvgIpc) is 2.74. The molecule has 0 spiro atoms. The Labute approximate surface area is 101 Å². The highest BCUT2D eigenvalue weighted by molar-refractivity contribution is 5.85. The number of hydrogen-bond acceptors (Lipinski definition) is 4. The number of nitrogens with two attached hydrogens (primary N) is 1. The van der Waals surface area contributed by atoms with Gasteiger partial charge in [-0.25, -0.2) is 0 Å². The highest BCUT2D eigenvalue weighted by Gasteiger charge is 2.21. The first-order chi connectivity index (χ1) is 7.26. The van der Waals surface area contributed by atoms with Crippen molar-refractivity contribution < 1.29 is 14.2 Å². The van der Waals surface area contributed by atoms with Gasteiger partial charge in [0, 0.05) is 6.04 Å². The number of benzene rings is 1. The van der Waals surface area contributed by atoms with Gasteiger partial charge < -0.3 is 19.9 Å². The topological polar surface area (TPSA) is 53.7 Å². The molecule has 0 unspecified atom stereocenters. The first kappa shape index (κ1) is 12.9. The van der Waals surface area contributed by atoms with Crippen LogP contribution in [0.3, 0.4) is 0 Å². The second-order valence-electron chi connectivity index (χ2n) is 3.47. The Morgan fingerprint density at radius 3 is 2.81 bits per heavy atom. The Balaban J connectivity index is 0.00000128. The van der Waals surface area contributed by atoms with E-state index >= 15 is 0 Å². The van der Waals surface area contributed by atoms with Crippen LogP contribution >= 0.6 is 12.4 Å². The van der Waals surface area contributed by atoms with Gasteiger partial charge in [0.1, 0.15) is 0 Å². The summed E-state index contributed by atoms with van der Waals surface area (Å²) < 4.78 is 15.9. The molecule has 0 fully saturated rings. The highest BCUT2D eigenvalue weighted by Crippen LogP contribution is 2.42. The maximum atomic E-state index is 5.96. The van der Waals surface area contributed by atoms with Crippen molar-refractivity contribution in [1.29, 1.82) is 0 Å². The fourth-order valence-corrected chi connectivity index (χ4v) is 1.60. The molecule has 5 heteroatoms. The molecule has 16 heavy (non-hydrogen) atoms. The van der Waals surface area contributed by atoms with E-state index in [1.807, 2.05) is 19.1 Å². The Bertz CT molecular complexity index is 370. The molecule has 1 heterocycles. The molecular weight excluding hydrogens is 230 g/mol. The van der Waals surface area contributed by atoms with Gasteiger partial charge in [0.15, 0.2) is 11.5 Å². The molecule has 1 aliphatic rings. The van der Waals surface area contributed by atoms with E-state index in [4.69, 9.17) is 19.9 Å². The van der Waals surface area contributed by atoms with Crippen LogP contribution in [0.4, 0.5) is 0 Å². The van der Waals surface area contributed by atoms with Crippen LogP contribution in [-0.4, -0.2) is 13.9 Å². The molecule has 0 saturated carbocycles. The zero-order valence-corrected chi connectivity index (χ0v) is 10.2. The summed E-state index contributed by atoms with van der Waals surface area (Å²) in [6.07, 6.45) is 0.878. The van der Waals surface area contributed by atoms with Crippen molar-refractivity contribution in [3.05, 3.63) is 17.7 Å². The van der Waals surface area contributed by atoms with Crippen molar-refractivity contribution >= 4 is 12.4 Å². The third-order valence-corrected chi connectivity index (χ3v) is 2.55. The van der Waals surface area contributed by atoms with E-state index < -0.39 is 0 Å². The Morgan fingerprint density at radius 1 is 1.44 bits per heavy atom. The minimum atomic E-state index is 0. The maximum Gasteiger partial charge on any atom is 0.231 e. The van der Waals surface area contributed by atoms with Crippen LogP contribution in [0.2, 0.25) is 0 Å². The first-order valence-corrected chi connectivity index (χ1v) is 4.99. The predicted molar refractivity (Wildman–Crippen MR) is 63.6 cm³/mol. The van der Waals surface area contributed by atoms with Crippen molar-refractivity contribution in [2.75, 3.05) is 13.9 Å². The normalized spacial score (nSPS) is 14.2. The number of fused-ring (bicyclic) bond motifs is 1. The predicted octanol–water partition coefficient (Wildman–Crippen LogP) is 2.26. The minimum absolute atomic E-state index is 0.